The van der Waals surface area contributed by atoms with Crippen LogP contribution in [0.2, 0.25) is 0 Å². The largest absolute Gasteiger partial charge is 0.340 e. The van der Waals surface area contributed by atoms with E-state index in [4.69, 9.17) is 4.99 Å². The number of hydrogen-bond donors (Lipinski definition) is 1. The first-order valence-electron chi connectivity index (χ1n) is 7.99. The first-order valence-corrected chi connectivity index (χ1v) is 9.21. The van der Waals surface area contributed by atoms with Crippen LogP contribution in [0.4, 0.5) is 11.4 Å². The number of rotatable bonds is 3. The first kappa shape index (κ1) is 17.0. The maximum Gasteiger partial charge on any atom is 0.189 e. The zero-order chi connectivity index (χ0) is 17.3. The minimum absolute atomic E-state index is 0.702. The van der Waals surface area contributed by atoms with Gasteiger partial charge in [-0.15, -0.1) is 0 Å². The van der Waals surface area contributed by atoms with E-state index in [0.717, 1.165) is 22.8 Å². The molecule has 4 heteroatoms. The Kier molecular flexibility index (Phi) is 6.01. The van der Waals surface area contributed by atoms with Crippen molar-refractivity contribution in [1.29, 1.82) is 0 Å². The molecule has 1 N–H and O–H groups in total. The van der Waals surface area contributed by atoms with E-state index in [0.29, 0.717) is 5.17 Å². The maximum atomic E-state index is 4.77. The number of hydrogen-bond acceptors (Lipinski definition) is 2. The van der Waals surface area contributed by atoms with Crippen LogP contribution in [0.1, 0.15) is 5.56 Å². The summed E-state index contributed by atoms with van der Waals surface area (Å²) in [6, 6.07) is 30.0. The number of nitrogens with zero attached hydrogens (tertiary/aromatic N) is 2. The third-order valence-corrected chi connectivity index (χ3v) is 4.00. The lowest BCUT2D eigenvalue weighted by molar-refractivity contribution is 1.48. The molecule has 3 aromatic carbocycles. The molecule has 0 aliphatic heterocycles. The Bertz CT molecular complexity index is 844. The van der Waals surface area contributed by atoms with Crippen LogP contribution >= 0.6 is 11.8 Å². The smallest absolute Gasteiger partial charge is 0.189 e. The molecule has 3 aromatic rings. The molecule has 0 radical (unpaired) electrons. The zero-order valence-corrected chi connectivity index (χ0v) is 14.8. The second-order valence-corrected chi connectivity index (χ2v) is 6.02. The van der Waals surface area contributed by atoms with Crippen molar-refractivity contribution in [3.05, 3.63) is 96.6 Å². The molecule has 0 fully saturated rings. The molecular weight excluding hydrogens is 326 g/mol. The molecule has 3 nitrogen and oxygen atoms in total. The Balaban J connectivity index is 1.97. The van der Waals surface area contributed by atoms with Crippen molar-refractivity contribution in [2.24, 2.45) is 9.98 Å². The van der Waals surface area contributed by atoms with Crippen molar-refractivity contribution in [3.8, 4) is 0 Å². The average Bonchev–Trinajstić information content (AvgIpc) is 2.69. The monoisotopic (exact) mass is 345 g/mol. The van der Waals surface area contributed by atoms with Gasteiger partial charge in [0, 0.05) is 11.3 Å². The normalized spacial score (nSPS) is 12.0. The van der Waals surface area contributed by atoms with Gasteiger partial charge in [0.05, 0.1) is 5.69 Å². The van der Waals surface area contributed by atoms with E-state index >= 15 is 0 Å². The Morgan fingerprint density at radius 3 is 1.92 bits per heavy atom. The highest BCUT2D eigenvalue weighted by molar-refractivity contribution is 8.13. The second-order valence-electron chi connectivity index (χ2n) is 5.25. The highest BCUT2D eigenvalue weighted by atomic mass is 32.2. The van der Waals surface area contributed by atoms with Crippen LogP contribution in [0, 0.1) is 0 Å². The Labute approximate surface area is 152 Å². The quantitative estimate of drug-likeness (QED) is 0.496. The summed E-state index contributed by atoms with van der Waals surface area (Å²) >= 11 is 1.52. The van der Waals surface area contributed by atoms with Crippen molar-refractivity contribution in [2.45, 2.75) is 0 Å². The minimum atomic E-state index is 0.702. The van der Waals surface area contributed by atoms with E-state index in [2.05, 4.69) is 10.3 Å². The van der Waals surface area contributed by atoms with E-state index in [1.165, 1.54) is 11.8 Å². The predicted molar refractivity (Wildman–Crippen MR) is 110 cm³/mol. The summed E-state index contributed by atoms with van der Waals surface area (Å²) in [6.07, 6.45) is 1.98. The van der Waals surface area contributed by atoms with Crippen molar-refractivity contribution in [1.82, 2.24) is 0 Å². The van der Waals surface area contributed by atoms with Gasteiger partial charge in [0.25, 0.3) is 0 Å². The fourth-order valence-corrected chi connectivity index (χ4v) is 2.62. The average molecular weight is 345 g/mol. The molecule has 0 saturated heterocycles. The predicted octanol–water partition coefficient (Wildman–Crippen LogP) is 5.60. The molecule has 0 aromatic heterocycles. The van der Waals surface area contributed by atoms with E-state index in [1.807, 2.05) is 97.3 Å². The van der Waals surface area contributed by atoms with Crippen LogP contribution in [0.15, 0.2) is 101 Å². The van der Waals surface area contributed by atoms with Crippen molar-refractivity contribution < 1.29 is 0 Å². The summed E-state index contributed by atoms with van der Waals surface area (Å²) in [5, 5.41) is 4.10. The lowest BCUT2D eigenvalue weighted by atomic mass is 10.2. The molecule has 124 valence electrons. The molecule has 0 bridgehead atoms. The summed E-state index contributed by atoms with van der Waals surface area (Å²) in [7, 11) is 0. The summed E-state index contributed by atoms with van der Waals surface area (Å²) in [4.78, 5) is 9.41. The van der Waals surface area contributed by atoms with Gasteiger partial charge in [0.1, 0.15) is 5.84 Å². The molecular formula is C21H19N3S. The van der Waals surface area contributed by atoms with Gasteiger partial charge in [0.15, 0.2) is 5.17 Å². The van der Waals surface area contributed by atoms with Crippen molar-refractivity contribution >= 4 is 34.1 Å². The molecule has 0 aliphatic rings. The third kappa shape index (κ3) is 5.06. The number of thioether (sulfide) groups is 1. The summed E-state index contributed by atoms with van der Waals surface area (Å²) in [6.45, 7) is 0. The van der Waals surface area contributed by atoms with Crippen molar-refractivity contribution in [3.63, 3.8) is 0 Å². The number of aliphatic imine (C=N–C) groups is 2. The molecule has 0 amide bonds. The van der Waals surface area contributed by atoms with E-state index in [-0.39, 0.29) is 0 Å². The van der Waals surface area contributed by atoms with Gasteiger partial charge in [-0.05, 0) is 30.5 Å². The molecule has 3 rings (SSSR count). The molecule has 0 heterocycles. The van der Waals surface area contributed by atoms with Crippen LogP contribution in [0.25, 0.3) is 0 Å². The van der Waals surface area contributed by atoms with E-state index in [9.17, 15) is 0 Å². The van der Waals surface area contributed by atoms with Crippen LogP contribution in [0.5, 0.6) is 0 Å². The van der Waals surface area contributed by atoms with E-state index in [1.54, 1.807) is 0 Å². The SMILES string of the molecule is CSC(=Nc1ccccc1)/N=C(\Nc1ccccc1)c1ccccc1. The highest BCUT2D eigenvalue weighted by Crippen LogP contribution is 2.16. The number of amidine groups is 2. The number of nitrogens with one attached hydrogen (secondary N) is 1. The molecule has 0 unspecified atom stereocenters. The summed E-state index contributed by atoms with van der Waals surface area (Å²) < 4.78 is 0. The number of para-hydroxylation sites is 2. The fourth-order valence-electron chi connectivity index (χ4n) is 2.24. The lowest BCUT2D eigenvalue weighted by Crippen LogP contribution is -2.15. The van der Waals surface area contributed by atoms with Gasteiger partial charge in [0.2, 0.25) is 0 Å². The van der Waals surface area contributed by atoms with E-state index < -0.39 is 0 Å². The standard InChI is InChI=1S/C21H19N3S/c1-25-21(23-19-15-9-4-10-16-19)24-20(17-11-5-2-6-12-17)22-18-13-7-3-8-14-18/h2-16H,1H3,(H,22,23,24). The lowest BCUT2D eigenvalue weighted by Gasteiger charge is -2.11. The van der Waals surface area contributed by atoms with Crippen molar-refractivity contribution in [2.75, 3.05) is 11.6 Å². The number of benzene rings is 3. The van der Waals surface area contributed by atoms with Gasteiger partial charge in [-0.25, -0.2) is 9.98 Å². The van der Waals surface area contributed by atoms with Crippen LogP contribution in [0.3, 0.4) is 0 Å². The highest BCUT2D eigenvalue weighted by Gasteiger charge is 2.06. The molecule has 0 spiro atoms. The van der Waals surface area contributed by atoms with Gasteiger partial charge >= 0.3 is 0 Å². The van der Waals surface area contributed by atoms with Gasteiger partial charge < -0.3 is 5.32 Å². The Morgan fingerprint density at radius 1 is 0.760 bits per heavy atom. The molecule has 0 atom stereocenters. The summed E-state index contributed by atoms with van der Waals surface area (Å²) in [5.41, 5.74) is 2.90. The second kappa shape index (κ2) is 8.85. The maximum absolute atomic E-state index is 4.77. The Morgan fingerprint density at radius 2 is 1.32 bits per heavy atom. The molecule has 0 aliphatic carbocycles. The number of anilines is 1. The van der Waals surface area contributed by atoms with Gasteiger partial charge in [-0.1, -0.05) is 78.5 Å². The zero-order valence-electron chi connectivity index (χ0n) is 14.0. The Hall–Kier alpha value is -2.85. The van der Waals surface area contributed by atoms with Crippen LogP contribution in [-0.2, 0) is 0 Å². The summed E-state index contributed by atoms with van der Waals surface area (Å²) in [5.74, 6) is 0.774. The molecule has 0 saturated carbocycles. The molecule has 25 heavy (non-hydrogen) atoms. The third-order valence-electron chi connectivity index (χ3n) is 3.45. The minimum Gasteiger partial charge on any atom is -0.340 e. The van der Waals surface area contributed by atoms with Gasteiger partial charge in [-0.2, -0.15) is 0 Å². The topological polar surface area (TPSA) is 36.8 Å². The van der Waals surface area contributed by atoms with Gasteiger partial charge in [-0.3, -0.25) is 0 Å². The van der Waals surface area contributed by atoms with Crippen LogP contribution in [-0.4, -0.2) is 17.3 Å². The fraction of sp³-hybridized carbons (Fsp3) is 0.0476. The first-order chi connectivity index (χ1) is 12.3. The van der Waals surface area contributed by atoms with Crippen LogP contribution < -0.4 is 5.32 Å².